The van der Waals surface area contributed by atoms with E-state index >= 15 is 0 Å². The first-order chi connectivity index (χ1) is 8.43. The van der Waals surface area contributed by atoms with Crippen LogP contribution in [0.25, 0.3) is 0 Å². The third kappa shape index (κ3) is 5.27. The zero-order chi connectivity index (χ0) is 13.6. The van der Waals surface area contributed by atoms with Gasteiger partial charge < -0.3 is 14.3 Å². The van der Waals surface area contributed by atoms with Gasteiger partial charge in [-0.05, 0) is 11.8 Å². The first-order valence-electron chi connectivity index (χ1n) is 6.04. The molecule has 0 unspecified atom stereocenters. The molecule has 6 heteroatoms. The van der Waals surface area contributed by atoms with E-state index in [2.05, 4.69) is 10.2 Å². The van der Waals surface area contributed by atoms with Gasteiger partial charge in [-0.1, -0.05) is 20.8 Å². The summed E-state index contributed by atoms with van der Waals surface area (Å²) in [6.07, 6.45) is 1.45. The number of carboxylic acids is 1. The summed E-state index contributed by atoms with van der Waals surface area (Å²) in [6, 6.07) is 0. The molecule has 0 atom stereocenters. The molecule has 0 bridgehead atoms. The van der Waals surface area contributed by atoms with E-state index in [0.717, 1.165) is 6.42 Å². The van der Waals surface area contributed by atoms with Gasteiger partial charge in [0.05, 0.1) is 6.42 Å². The first kappa shape index (κ1) is 14.6. The average Bonchev–Trinajstić information content (AvgIpc) is 2.63. The molecule has 0 saturated carbocycles. The number of hydrogen-bond acceptors (Lipinski definition) is 5. The van der Waals surface area contributed by atoms with Crippen LogP contribution in [0.4, 0.5) is 0 Å². The zero-order valence-electron chi connectivity index (χ0n) is 11.1. The van der Waals surface area contributed by atoms with Crippen molar-refractivity contribution in [2.45, 2.75) is 46.6 Å². The summed E-state index contributed by atoms with van der Waals surface area (Å²) in [5.74, 6) is 0.0620. The second-order valence-corrected chi connectivity index (χ2v) is 5.05. The van der Waals surface area contributed by atoms with E-state index in [1.807, 2.05) is 20.8 Å². The fourth-order valence-corrected chi connectivity index (χ4v) is 1.60. The summed E-state index contributed by atoms with van der Waals surface area (Å²) < 4.78 is 10.7. The maximum Gasteiger partial charge on any atom is 0.303 e. The van der Waals surface area contributed by atoms with Gasteiger partial charge in [0.25, 0.3) is 0 Å². The van der Waals surface area contributed by atoms with E-state index in [1.165, 1.54) is 0 Å². The highest BCUT2D eigenvalue weighted by atomic mass is 16.5. The van der Waals surface area contributed by atoms with Crippen molar-refractivity contribution in [3.05, 3.63) is 11.8 Å². The van der Waals surface area contributed by atoms with E-state index < -0.39 is 11.4 Å². The summed E-state index contributed by atoms with van der Waals surface area (Å²) in [5.41, 5.74) is -0.403. The summed E-state index contributed by atoms with van der Waals surface area (Å²) in [6.45, 7) is 6.70. The maximum absolute atomic E-state index is 10.7. The van der Waals surface area contributed by atoms with Crippen LogP contribution in [0.2, 0.25) is 0 Å². The van der Waals surface area contributed by atoms with Gasteiger partial charge in [-0.25, -0.2) is 0 Å². The Labute approximate surface area is 106 Å². The van der Waals surface area contributed by atoms with Gasteiger partial charge in [0.15, 0.2) is 0 Å². The molecule has 0 spiro atoms. The van der Waals surface area contributed by atoms with Gasteiger partial charge in [0, 0.05) is 13.0 Å². The third-order valence-electron chi connectivity index (χ3n) is 2.34. The normalized spacial score (nSPS) is 11.7. The van der Waals surface area contributed by atoms with Gasteiger partial charge in [-0.15, -0.1) is 10.2 Å². The Balaban J connectivity index is 2.50. The Kier molecular flexibility index (Phi) is 5.27. The molecular formula is C12H20N2O4. The Morgan fingerprint density at radius 1 is 1.39 bits per heavy atom. The second-order valence-electron chi connectivity index (χ2n) is 5.05. The Hall–Kier alpha value is -1.43. The van der Waals surface area contributed by atoms with Gasteiger partial charge in [-0.2, -0.15) is 0 Å². The van der Waals surface area contributed by atoms with Crippen molar-refractivity contribution in [2.75, 3.05) is 6.61 Å². The lowest BCUT2D eigenvalue weighted by Crippen LogP contribution is -2.19. The monoisotopic (exact) mass is 256 g/mol. The van der Waals surface area contributed by atoms with Crippen LogP contribution in [-0.4, -0.2) is 27.9 Å². The number of carboxylic acid groups (broad SMARTS) is 1. The minimum absolute atomic E-state index is 0.0665. The molecule has 6 nitrogen and oxygen atoms in total. The van der Waals surface area contributed by atoms with Crippen molar-refractivity contribution in [2.24, 2.45) is 5.41 Å². The number of aromatic nitrogens is 2. The molecule has 1 heterocycles. The van der Waals surface area contributed by atoms with Crippen LogP contribution >= 0.6 is 0 Å². The van der Waals surface area contributed by atoms with E-state index in [4.69, 9.17) is 14.3 Å². The second kappa shape index (κ2) is 6.49. The summed E-state index contributed by atoms with van der Waals surface area (Å²) in [5, 5.41) is 16.5. The number of carbonyl (C=O) groups is 1. The molecule has 0 aliphatic carbocycles. The van der Waals surface area contributed by atoms with E-state index in [1.54, 1.807) is 0 Å². The van der Waals surface area contributed by atoms with Crippen molar-refractivity contribution in [1.82, 2.24) is 10.2 Å². The summed E-state index contributed by atoms with van der Waals surface area (Å²) >= 11 is 0. The van der Waals surface area contributed by atoms with Crippen molar-refractivity contribution in [3.8, 4) is 0 Å². The molecule has 1 aromatic heterocycles. The molecule has 0 radical (unpaired) electrons. The van der Waals surface area contributed by atoms with Gasteiger partial charge in [0.2, 0.25) is 11.8 Å². The lowest BCUT2D eigenvalue weighted by atomic mass is 9.86. The number of ether oxygens (including phenoxy) is 1. The molecule has 0 aromatic carbocycles. The Bertz CT molecular complexity index is 387. The van der Waals surface area contributed by atoms with Crippen molar-refractivity contribution >= 4 is 5.97 Å². The molecule has 0 saturated heterocycles. The lowest BCUT2D eigenvalue weighted by molar-refractivity contribution is -0.139. The topological polar surface area (TPSA) is 85.5 Å². The predicted molar refractivity (Wildman–Crippen MR) is 64.0 cm³/mol. The molecule has 102 valence electrons. The molecule has 18 heavy (non-hydrogen) atoms. The number of hydrogen-bond donors (Lipinski definition) is 1. The predicted octanol–water partition coefficient (Wildman–Crippen LogP) is 2.04. The highest BCUT2D eigenvalue weighted by molar-refractivity contribution is 5.67. The van der Waals surface area contributed by atoms with Crippen LogP contribution < -0.4 is 0 Å². The van der Waals surface area contributed by atoms with Gasteiger partial charge in [0.1, 0.15) is 6.61 Å². The van der Waals surface area contributed by atoms with Crippen molar-refractivity contribution in [3.63, 3.8) is 0 Å². The van der Waals surface area contributed by atoms with Gasteiger partial charge >= 0.3 is 5.97 Å². The highest BCUT2D eigenvalue weighted by Gasteiger charge is 2.25. The van der Waals surface area contributed by atoms with Crippen LogP contribution in [0, 0.1) is 5.41 Å². The minimum Gasteiger partial charge on any atom is -0.481 e. The minimum atomic E-state index is -0.828. The van der Waals surface area contributed by atoms with Crippen LogP contribution in [-0.2, 0) is 22.6 Å². The molecule has 1 aromatic rings. The quantitative estimate of drug-likeness (QED) is 0.716. The molecular weight excluding hydrogens is 236 g/mol. The summed E-state index contributed by atoms with van der Waals surface area (Å²) in [4.78, 5) is 10.7. The smallest absolute Gasteiger partial charge is 0.303 e. The standard InChI is InChI=1S/C12H20N2O4/c1-4-5-17-8-10-14-13-9(18-10)6-12(2,3)7-11(15)16/h4-8H2,1-3H3,(H,15,16). The Morgan fingerprint density at radius 2 is 2.06 bits per heavy atom. The fraction of sp³-hybridized carbons (Fsp3) is 0.750. The molecule has 0 aliphatic rings. The number of rotatable bonds is 8. The van der Waals surface area contributed by atoms with E-state index in [9.17, 15) is 4.79 Å². The fourth-order valence-electron chi connectivity index (χ4n) is 1.60. The van der Waals surface area contributed by atoms with Crippen molar-refractivity contribution in [1.29, 1.82) is 0 Å². The van der Waals surface area contributed by atoms with Gasteiger partial charge in [-0.3, -0.25) is 4.79 Å². The summed E-state index contributed by atoms with van der Waals surface area (Å²) in [7, 11) is 0. The molecule has 0 fully saturated rings. The number of aliphatic carboxylic acids is 1. The lowest BCUT2D eigenvalue weighted by Gasteiger charge is -2.19. The molecule has 1 rings (SSSR count). The van der Waals surface area contributed by atoms with Crippen molar-refractivity contribution < 1.29 is 19.1 Å². The third-order valence-corrected chi connectivity index (χ3v) is 2.34. The van der Waals surface area contributed by atoms with Crippen LogP contribution in [0.5, 0.6) is 0 Å². The van der Waals surface area contributed by atoms with Crippen LogP contribution in [0.15, 0.2) is 4.42 Å². The molecule has 0 amide bonds. The largest absolute Gasteiger partial charge is 0.481 e. The Morgan fingerprint density at radius 3 is 2.67 bits per heavy atom. The van der Waals surface area contributed by atoms with Crippen LogP contribution in [0.3, 0.4) is 0 Å². The molecule has 1 N–H and O–H groups in total. The van der Waals surface area contributed by atoms with Crippen LogP contribution in [0.1, 0.15) is 45.4 Å². The first-order valence-corrected chi connectivity index (χ1v) is 6.04. The highest BCUT2D eigenvalue weighted by Crippen LogP contribution is 2.25. The number of nitrogens with zero attached hydrogens (tertiary/aromatic N) is 2. The van der Waals surface area contributed by atoms with E-state index in [-0.39, 0.29) is 6.42 Å². The average molecular weight is 256 g/mol. The molecule has 0 aliphatic heterocycles. The van der Waals surface area contributed by atoms with E-state index in [0.29, 0.717) is 31.4 Å². The maximum atomic E-state index is 10.7. The SMILES string of the molecule is CCCOCc1nnc(CC(C)(C)CC(=O)O)o1. The zero-order valence-corrected chi connectivity index (χ0v) is 11.1.